The molecule has 1 aromatic heterocycles. The minimum absolute atomic E-state index is 0.111. The molecule has 0 saturated carbocycles. The van der Waals surface area contributed by atoms with E-state index in [1.165, 1.54) is 69.8 Å². The van der Waals surface area contributed by atoms with Gasteiger partial charge in [0.15, 0.2) is 5.82 Å². The quantitative estimate of drug-likeness (QED) is 0.192. The van der Waals surface area contributed by atoms with Crippen LogP contribution in [0.2, 0.25) is 0 Å². The van der Waals surface area contributed by atoms with Crippen molar-refractivity contribution < 1.29 is 9.13 Å². The van der Waals surface area contributed by atoms with E-state index in [2.05, 4.69) is 30.7 Å². The molecule has 34 heavy (non-hydrogen) atoms. The maximum absolute atomic E-state index is 14.2. The average Bonchev–Trinajstić information content (AvgIpc) is 2.86. The number of alkyl halides is 1. The van der Waals surface area contributed by atoms with E-state index in [4.69, 9.17) is 4.74 Å². The first-order valence-electron chi connectivity index (χ1n) is 13.8. The molecule has 3 nitrogen and oxygen atoms in total. The summed E-state index contributed by atoms with van der Waals surface area (Å²) in [5.41, 5.74) is 2.15. The number of benzene rings is 1. The van der Waals surface area contributed by atoms with E-state index in [1.54, 1.807) is 0 Å². The Morgan fingerprint density at radius 2 is 1.38 bits per heavy atom. The van der Waals surface area contributed by atoms with Crippen molar-refractivity contribution in [2.45, 2.75) is 117 Å². The molecule has 2 unspecified atom stereocenters. The summed E-state index contributed by atoms with van der Waals surface area (Å²) in [6.45, 7) is 6.67. The number of hydrogen-bond acceptors (Lipinski definition) is 3. The van der Waals surface area contributed by atoms with Gasteiger partial charge in [0.1, 0.15) is 18.5 Å². The van der Waals surface area contributed by atoms with Gasteiger partial charge in [-0.05, 0) is 55.0 Å². The lowest BCUT2D eigenvalue weighted by atomic mass is 9.98. The topological polar surface area (TPSA) is 35.0 Å². The number of aryl methyl sites for hydroxylation is 1. The third kappa shape index (κ3) is 11.9. The predicted octanol–water partition coefficient (Wildman–Crippen LogP) is 9.15. The Kier molecular flexibility index (Phi) is 14.5. The number of rotatable bonds is 19. The molecule has 0 spiro atoms. The lowest BCUT2D eigenvalue weighted by Crippen LogP contribution is -2.16. The summed E-state index contributed by atoms with van der Waals surface area (Å²) in [7, 11) is 0. The van der Waals surface area contributed by atoms with E-state index in [0.717, 1.165) is 30.7 Å². The standard InChI is InChI=1S/C30H47FN2O/c1-4-6-8-9-10-11-12-13-14-16-26-22-32-30(33-23-26)27-17-19-29(20-18-27)34-24-28(31)21-25(3)15-7-5-2/h17-20,22-23,25,28H,4-16,21,24H2,1-3H3. The van der Waals surface area contributed by atoms with Gasteiger partial charge in [0.05, 0.1) is 0 Å². The lowest BCUT2D eigenvalue weighted by molar-refractivity contribution is 0.168. The van der Waals surface area contributed by atoms with Crippen LogP contribution in [0.4, 0.5) is 4.39 Å². The summed E-state index contributed by atoms with van der Waals surface area (Å²) in [6.07, 6.45) is 20.1. The van der Waals surface area contributed by atoms with Gasteiger partial charge in [0, 0.05) is 18.0 Å². The van der Waals surface area contributed by atoms with Crippen molar-refractivity contribution in [3.8, 4) is 17.1 Å². The van der Waals surface area contributed by atoms with Crippen molar-refractivity contribution in [3.05, 3.63) is 42.2 Å². The molecule has 0 aliphatic rings. The van der Waals surface area contributed by atoms with Crippen molar-refractivity contribution in [2.75, 3.05) is 6.61 Å². The Labute approximate surface area is 208 Å². The molecule has 0 aliphatic carbocycles. The highest BCUT2D eigenvalue weighted by molar-refractivity contribution is 5.55. The Balaban J connectivity index is 1.66. The van der Waals surface area contributed by atoms with Crippen LogP contribution < -0.4 is 4.74 Å². The second-order valence-corrected chi connectivity index (χ2v) is 9.91. The van der Waals surface area contributed by atoms with E-state index in [-0.39, 0.29) is 6.61 Å². The molecule has 0 N–H and O–H groups in total. The van der Waals surface area contributed by atoms with Crippen molar-refractivity contribution in [1.29, 1.82) is 0 Å². The molecule has 0 amide bonds. The van der Waals surface area contributed by atoms with Gasteiger partial charge in [0.2, 0.25) is 0 Å². The molecule has 2 rings (SSSR count). The van der Waals surface area contributed by atoms with Gasteiger partial charge < -0.3 is 4.74 Å². The first-order chi connectivity index (χ1) is 16.6. The molecule has 190 valence electrons. The number of halogens is 1. The highest BCUT2D eigenvalue weighted by Gasteiger charge is 2.13. The highest BCUT2D eigenvalue weighted by atomic mass is 19.1. The number of hydrogen-bond donors (Lipinski definition) is 0. The Morgan fingerprint density at radius 1 is 0.794 bits per heavy atom. The normalized spacial score (nSPS) is 13.1. The van der Waals surface area contributed by atoms with Gasteiger partial charge in [-0.1, -0.05) is 91.4 Å². The smallest absolute Gasteiger partial charge is 0.159 e. The van der Waals surface area contributed by atoms with E-state index in [0.29, 0.717) is 18.1 Å². The van der Waals surface area contributed by atoms with Crippen LogP contribution in [-0.2, 0) is 6.42 Å². The number of ether oxygens (including phenoxy) is 1. The summed E-state index contributed by atoms with van der Waals surface area (Å²) in [6, 6.07) is 7.65. The van der Waals surface area contributed by atoms with E-state index in [9.17, 15) is 4.39 Å². The fourth-order valence-electron chi connectivity index (χ4n) is 4.33. The first-order valence-corrected chi connectivity index (χ1v) is 13.8. The van der Waals surface area contributed by atoms with Crippen LogP contribution in [0.3, 0.4) is 0 Å². The lowest BCUT2D eigenvalue weighted by Gasteiger charge is -2.15. The molecule has 1 heterocycles. The molecule has 4 heteroatoms. The third-order valence-corrected chi connectivity index (χ3v) is 6.53. The molecule has 0 bridgehead atoms. The van der Waals surface area contributed by atoms with E-state index in [1.807, 2.05) is 36.7 Å². The zero-order valence-corrected chi connectivity index (χ0v) is 21.9. The largest absolute Gasteiger partial charge is 0.491 e. The number of aromatic nitrogens is 2. The van der Waals surface area contributed by atoms with Crippen LogP contribution in [-0.4, -0.2) is 22.7 Å². The van der Waals surface area contributed by atoms with E-state index >= 15 is 0 Å². The second kappa shape index (κ2) is 17.5. The maximum Gasteiger partial charge on any atom is 0.159 e. The minimum Gasteiger partial charge on any atom is -0.491 e. The van der Waals surface area contributed by atoms with Crippen LogP contribution in [0.1, 0.15) is 110 Å². The molecule has 2 aromatic rings. The van der Waals surface area contributed by atoms with Crippen molar-refractivity contribution in [2.24, 2.45) is 5.92 Å². The van der Waals surface area contributed by atoms with Crippen LogP contribution in [0.15, 0.2) is 36.7 Å². The zero-order valence-electron chi connectivity index (χ0n) is 21.9. The molecule has 0 saturated heterocycles. The predicted molar refractivity (Wildman–Crippen MR) is 142 cm³/mol. The first kappa shape index (κ1) is 28.3. The zero-order chi connectivity index (χ0) is 24.4. The van der Waals surface area contributed by atoms with Gasteiger partial charge in [0.25, 0.3) is 0 Å². The van der Waals surface area contributed by atoms with Crippen LogP contribution in [0, 0.1) is 5.92 Å². The molecular formula is C30H47FN2O. The molecular weight excluding hydrogens is 423 g/mol. The molecule has 0 fully saturated rings. The monoisotopic (exact) mass is 470 g/mol. The van der Waals surface area contributed by atoms with Crippen molar-refractivity contribution in [3.63, 3.8) is 0 Å². The van der Waals surface area contributed by atoms with Gasteiger partial charge in [-0.25, -0.2) is 14.4 Å². The summed E-state index contributed by atoms with van der Waals surface area (Å²) < 4.78 is 19.9. The Morgan fingerprint density at radius 3 is 2.00 bits per heavy atom. The van der Waals surface area contributed by atoms with Gasteiger partial charge in [-0.15, -0.1) is 0 Å². The van der Waals surface area contributed by atoms with Gasteiger partial charge in [-0.2, -0.15) is 0 Å². The Bertz CT molecular complexity index is 747. The minimum atomic E-state index is -0.923. The Hall–Kier alpha value is -1.97. The van der Waals surface area contributed by atoms with Crippen LogP contribution in [0.5, 0.6) is 5.75 Å². The van der Waals surface area contributed by atoms with E-state index < -0.39 is 6.17 Å². The van der Waals surface area contributed by atoms with Crippen molar-refractivity contribution >= 4 is 0 Å². The fourth-order valence-corrected chi connectivity index (χ4v) is 4.33. The summed E-state index contributed by atoms with van der Waals surface area (Å²) in [5.74, 6) is 1.81. The van der Waals surface area contributed by atoms with Crippen LogP contribution in [0.25, 0.3) is 11.4 Å². The van der Waals surface area contributed by atoms with Crippen LogP contribution >= 0.6 is 0 Å². The molecule has 1 aromatic carbocycles. The third-order valence-electron chi connectivity index (χ3n) is 6.53. The fraction of sp³-hybridized carbons (Fsp3) is 0.667. The molecule has 0 aliphatic heterocycles. The number of unbranched alkanes of at least 4 members (excludes halogenated alkanes) is 9. The summed E-state index contributed by atoms with van der Waals surface area (Å²) >= 11 is 0. The summed E-state index contributed by atoms with van der Waals surface area (Å²) in [4.78, 5) is 9.11. The molecule has 2 atom stereocenters. The maximum atomic E-state index is 14.2. The van der Waals surface area contributed by atoms with Crippen molar-refractivity contribution in [1.82, 2.24) is 9.97 Å². The second-order valence-electron chi connectivity index (χ2n) is 9.91. The molecule has 0 radical (unpaired) electrons. The summed E-state index contributed by atoms with van der Waals surface area (Å²) in [5, 5.41) is 0. The SMILES string of the molecule is CCCCCCCCCCCc1cnc(-c2ccc(OCC(F)CC(C)CCCC)cc2)nc1. The highest BCUT2D eigenvalue weighted by Crippen LogP contribution is 2.21. The average molecular weight is 471 g/mol. The van der Waals surface area contributed by atoms with Gasteiger partial charge in [-0.3, -0.25) is 0 Å². The number of nitrogens with zero attached hydrogens (tertiary/aromatic N) is 2. The van der Waals surface area contributed by atoms with Gasteiger partial charge >= 0.3 is 0 Å².